The highest BCUT2D eigenvalue weighted by Crippen LogP contribution is 2.20. The third-order valence-electron chi connectivity index (χ3n) is 3.91. The summed E-state index contributed by atoms with van der Waals surface area (Å²) in [7, 11) is 0. The number of aromatic nitrogens is 1. The molecule has 0 radical (unpaired) electrons. The Morgan fingerprint density at radius 2 is 1.74 bits per heavy atom. The van der Waals surface area contributed by atoms with Crippen molar-refractivity contribution < 1.29 is 28.7 Å². The molecule has 1 saturated heterocycles. The van der Waals surface area contributed by atoms with E-state index >= 15 is 0 Å². The van der Waals surface area contributed by atoms with Crippen LogP contribution in [0.1, 0.15) is 46.0 Å². The molecule has 0 atom stereocenters. The maximum Gasteiger partial charge on any atom is 0.355 e. The third-order valence-corrected chi connectivity index (χ3v) is 3.91. The predicted molar refractivity (Wildman–Crippen MR) is 82.7 cm³/mol. The van der Waals surface area contributed by atoms with Gasteiger partial charge in [0.2, 0.25) is 0 Å². The van der Waals surface area contributed by atoms with Gasteiger partial charge in [-0.05, 0) is 26.3 Å². The van der Waals surface area contributed by atoms with E-state index in [1.54, 1.807) is 20.8 Å². The number of morpholine rings is 1. The van der Waals surface area contributed by atoms with E-state index in [0.717, 1.165) is 18.8 Å². The molecule has 1 aliphatic rings. The van der Waals surface area contributed by atoms with Crippen molar-refractivity contribution in [3.8, 4) is 0 Å². The van der Waals surface area contributed by atoms with E-state index in [-0.39, 0.29) is 6.61 Å². The number of hydrogen-bond donors (Lipinski definition) is 2. The number of carbonyl (C=O) groups excluding carboxylic acids is 2. The Bertz CT molecular complexity index is 561. The van der Waals surface area contributed by atoms with E-state index in [1.807, 2.05) is 0 Å². The minimum absolute atomic E-state index is 0.288. The first kappa shape index (κ1) is 17.5. The zero-order valence-corrected chi connectivity index (χ0v) is 14.0. The van der Waals surface area contributed by atoms with Gasteiger partial charge in [0.25, 0.3) is 0 Å². The maximum absolute atomic E-state index is 12.3. The van der Waals surface area contributed by atoms with E-state index in [1.165, 1.54) is 4.90 Å². The number of H-pyrrole nitrogens is 1. The molecule has 2 rings (SSSR count). The smallest absolute Gasteiger partial charge is 0.355 e. The molecular formula is C16H25N2O5+. The van der Waals surface area contributed by atoms with Crippen LogP contribution in [0.25, 0.3) is 0 Å². The molecule has 0 aliphatic carbocycles. The molecular weight excluding hydrogens is 300 g/mol. The average Bonchev–Trinajstić information content (AvgIpc) is 2.85. The predicted octanol–water partition coefficient (Wildman–Crippen LogP) is 0.0916. The lowest BCUT2D eigenvalue weighted by Gasteiger charge is -2.23. The maximum atomic E-state index is 12.3. The van der Waals surface area contributed by atoms with Crippen LogP contribution in [0.2, 0.25) is 0 Å². The number of esters is 2. The molecule has 1 aromatic rings. The number of rotatable bonds is 6. The van der Waals surface area contributed by atoms with Crippen LogP contribution in [0.5, 0.6) is 0 Å². The fourth-order valence-corrected chi connectivity index (χ4v) is 2.76. The van der Waals surface area contributed by atoms with Gasteiger partial charge in [-0.3, -0.25) is 0 Å². The van der Waals surface area contributed by atoms with Gasteiger partial charge in [-0.15, -0.1) is 0 Å². The largest absolute Gasteiger partial charge is 0.462 e. The minimum atomic E-state index is -0.446. The van der Waals surface area contributed by atoms with Crippen LogP contribution >= 0.6 is 0 Å². The second kappa shape index (κ2) is 8.12. The van der Waals surface area contributed by atoms with Crippen LogP contribution in [-0.4, -0.2) is 56.4 Å². The molecule has 0 spiro atoms. The minimum Gasteiger partial charge on any atom is -0.462 e. The van der Waals surface area contributed by atoms with Gasteiger partial charge >= 0.3 is 11.9 Å². The lowest BCUT2D eigenvalue weighted by Crippen LogP contribution is -3.12. The van der Waals surface area contributed by atoms with Crippen LogP contribution in [0, 0.1) is 6.92 Å². The van der Waals surface area contributed by atoms with Gasteiger partial charge in [0.1, 0.15) is 25.3 Å². The third kappa shape index (κ3) is 4.11. The molecule has 0 unspecified atom stereocenters. The number of quaternary nitrogens is 1. The van der Waals surface area contributed by atoms with Crippen LogP contribution in [-0.2, 0) is 20.8 Å². The summed E-state index contributed by atoms with van der Waals surface area (Å²) in [4.78, 5) is 28.8. The van der Waals surface area contributed by atoms with Gasteiger partial charge in [-0.2, -0.15) is 0 Å². The number of hydrogen-bond acceptors (Lipinski definition) is 5. The lowest BCUT2D eigenvalue weighted by atomic mass is 10.1. The van der Waals surface area contributed by atoms with Gasteiger partial charge in [0.15, 0.2) is 0 Å². The normalized spacial score (nSPS) is 15.4. The van der Waals surface area contributed by atoms with Crippen molar-refractivity contribution in [3.05, 3.63) is 22.5 Å². The van der Waals surface area contributed by atoms with E-state index in [0.29, 0.717) is 43.2 Å². The highest BCUT2D eigenvalue weighted by atomic mass is 16.5. The van der Waals surface area contributed by atoms with Crippen molar-refractivity contribution in [2.75, 3.05) is 39.5 Å². The number of carbonyl (C=O) groups is 2. The molecule has 1 aliphatic heterocycles. The number of aromatic amines is 1. The highest BCUT2D eigenvalue weighted by molar-refractivity contribution is 5.98. The quantitative estimate of drug-likeness (QED) is 0.725. The second-order valence-corrected chi connectivity index (χ2v) is 5.46. The SMILES string of the molecule is CCOC(=O)c1[nH]c(C[NH+]2CCOCC2)c(C(=O)OCC)c1C. The van der Waals surface area contributed by atoms with Crippen molar-refractivity contribution in [2.45, 2.75) is 27.3 Å². The molecule has 1 aromatic heterocycles. The first-order valence-electron chi connectivity index (χ1n) is 8.05. The first-order valence-corrected chi connectivity index (χ1v) is 8.05. The number of ether oxygens (including phenoxy) is 3. The van der Waals surface area contributed by atoms with Gasteiger partial charge in [-0.25, -0.2) is 9.59 Å². The Hall–Kier alpha value is -1.86. The Morgan fingerprint density at radius 1 is 1.13 bits per heavy atom. The summed E-state index contributed by atoms with van der Waals surface area (Å²) < 4.78 is 15.6. The summed E-state index contributed by atoms with van der Waals surface area (Å²) in [5.41, 5.74) is 2.09. The Labute approximate surface area is 135 Å². The van der Waals surface area contributed by atoms with E-state index < -0.39 is 11.9 Å². The summed E-state index contributed by atoms with van der Waals surface area (Å²) in [6.07, 6.45) is 0. The first-order chi connectivity index (χ1) is 11.1. The summed E-state index contributed by atoms with van der Waals surface area (Å²) in [6, 6.07) is 0. The standard InChI is InChI=1S/C16H24N2O5/c1-4-22-15(19)13-11(3)14(16(20)23-5-2)17-12(13)10-18-6-8-21-9-7-18/h17H,4-10H2,1-3H3/p+1. The van der Waals surface area contributed by atoms with Crippen LogP contribution in [0.15, 0.2) is 0 Å². The van der Waals surface area contributed by atoms with Gasteiger partial charge < -0.3 is 24.1 Å². The lowest BCUT2D eigenvalue weighted by molar-refractivity contribution is -0.921. The fraction of sp³-hybridized carbons (Fsp3) is 0.625. The van der Waals surface area contributed by atoms with Crippen molar-refractivity contribution in [3.63, 3.8) is 0 Å². The fourth-order valence-electron chi connectivity index (χ4n) is 2.76. The second-order valence-electron chi connectivity index (χ2n) is 5.46. The molecule has 0 aromatic carbocycles. The molecule has 128 valence electrons. The highest BCUT2D eigenvalue weighted by Gasteiger charge is 2.28. The number of nitrogens with one attached hydrogen (secondary N) is 2. The van der Waals surface area contributed by atoms with Crippen molar-refractivity contribution >= 4 is 11.9 Å². The molecule has 7 nitrogen and oxygen atoms in total. The van der Waals surface area contributed by atoms with Gasteiger partial charge in [0.05, 0.1) is 37.7 Å². The van der Waals surface area contributed by atoms with E-state index in [9.17, 15) is 9.59 Å². The van der Waals surface area contributed by atoms with Crippen molar-refractivity contribution in [2.24, 2.45) is 0 Å². The summed E-state index contributed by atoms with van der Waals surface area (Å²) in [5.74, 6) is -0.849. The molecule has 1 fully saturated rings. The Kier molecular flexibility index (Phi) is 6.18. The molecule has 2 N–H and O–H groups in total. The summed E-state index contributed by atoms with van der Waals surface area (Å²) in [6.45, 7) is 9.61. The summed E-state index contributed by atoms with van der Waals surface area (Å²) >= 11 is 0. The van der Waals surface area contributed by atoms with Crippen LogP contribution in [0.4, 0.5) is 0 Å². The van der Waals surface area contributed by atoms with Gasteiger partial charge in [0, 0.05) is 0 Å². The monoisotopic (exact) mass is 325 g/mol. The zero-order valence-electron chi connectivity index (χ0n) is 14.0. The van der Waals surface area contributed by atoms with Crippen molar-refractivity contribution in [1.82, 2.24) is 4.98 Å². The molecule has 2 heterocycles. The molecule has 0 saturated carbocycles. The Balaban J connectivity index is 2.31. The molecule has 0 amide bonds. The summed E-state index contributed by atoms with van der Waals surface area (Å²) in [5, 5.41) is 0. The van der Waals surface area contributed by atoms with Crippen LogP contribution < -0.4 is 4.90 Å². The van der Waals surface area contributed by atoms with Gasteiger partial charge in [-0.1, -0.05) is 0 Å². The zero-order chi connectivity index (χ0) is 16.8. The van der Waals surface area contributed by atoms with E-state index in [2.05, 4.69) is 4.98 Å². The van der Waals surface area contributed by atoms with E-state index in [4.69, 9.17) is 14.2 Å². The average molecular weight is 325 g/mol. The van der Waals surface area contributed by atoms with Crippen molar-refractivity contribution in [1.29, 1.82) is 0 Å². The topological polar surface area (TPSA) is 82.1 Å². The van der Waals surface area contributed by atoms with Crippen LogP contribution in [0.3, 0.4) is 0 Å². The molecule has 23 heavy (non-hydrogen) atoms. The Morgan fingerprint density at radius 3 is 2.35 bits per heavy atom. The molecule has 0 bridgehead atoms. The molecule has 7 heteroatoms.